The van der Waals surface area contributed by atoms with Gasteiger partial charge in [-0.25, -0.2) is 0 Å². The van der Waals surface area contributed by atoms with Gasteiger partial charge in [0, 0.05) is 12.1 Å². The Hall–Kier alpha value is -0.820. The second kappa shape index (κ2) is 6.70. The van der Waals surface area contributed by atoms with Crippen LogP contribution in [0.2, 0.25) is 0 Å². The summed E-state index contributed by atoms with van der Waals surface area (Å²) < 4.78 is 0. The second-order valence-corrected chi connectivity index (χ2v) is 5.56. The number of hydrogen-bond acceptors (Lipinski definition) is 1. The zero-order chi connectivity index (χ0) is 12.8. The van der Waals surface area contributed by atoms with E-state index in [1.807, 2.05) is 13.0 Å². The van der Waals surface area contributed by atoms with E-state index in [9.17, 15) is 0 Å². The molecule has 0 aliphatic rings. The van der Waals surface area contributed by atoms with E-state index in [2.05, 4.69) is 58.4 Å². The molecule has 92 valence electrons. The van der Waals surface area contributed by atoms with Crippen molar-refractivity contribution in [1.82, 2.24) is 4.90 Å². The molecule has 0 unspecified atom stereocenters. The van der Waals surface area contributed by atoms with Crippen molar-refractivity contribution in [2.75, 3.05) is 13.6 Å². The van der Waals surface area contributed by atoms with Crippen molar-refractivity contribution >= 4 is 0 Å². The summed E-state index contributed by atoms with van der Waals surface area (Å²) in [5, 5.41) is 0. The molecule has 0 aromatic heterocycles. The molecule has 0 saturated carbocycles. The van der Waals surface area contributed by atoms with Crippen LogP contribution in [0, 0.1) is 0 Å². The maximum atomic E-state index is 3.83. The molecule has 0 N–H and O–H groups in total. The lowest BCUT2D eigenvalue weighted by molar-refractivity contribution is 0.178. The summed E-state index contributed by atoms with van der Waals surface area (Å²) in [5.74, 6) is 0. The topological polar surface area (TPSA) is 3.24 Å². The first-order valence-corrected chi connectivity index (χ1v) is 5.94. The summed E-state index contributed by atoms with van der Waals surface area (Å²) >= 11 is 0. The predicted octanol–water partition coefficient (Wildman–Crippen LogP) is 4.19. The summed E-state index contributed by atoms with van der Waals surface area (Å²) in [6.07, 6.45) is 7.41. The molecular weight excluding hydrogens is 194 g/mol. The van der Waals surface area contributed by atoms with E-state index in [-0.39, 0.29) is 5.54 Å². The summed E-state index contributed by atoms with van der Waals surface area (Å²) in [7, 11) is 2.18. The van der Waals surface area contributed by atoms with Gasteiger partial charge in [0.2, 0.25) is 0 Å². The Labute approximate surface area is 102 Å². The van der Waals surface area contributed by atoms with Crippen molar-refractivity contribution in [1.29, 1.82) is 0 Å². The van der Waals surface area contributed by atoms with Crippen LogP contribution in [0.1, 0.15) is 41.0 Å². The minimum Gasteiger partial charge on any atom is -0.301 e. The van der Waals surface area contributed by atoms with Gasteiger partial charge in [-0.1, -0.05) is 36.0 Å². The predicted molar refractivity (Wildman–Crippen MR) is 74.7 cm³/mol. The minimum atomic E-state index is 0.258. The van der Waals surface area contributed by atoms with Crippen LogP contribution in [-0.4, -0.2) is 24.0 Å². The average Bonchev–Trinajstić information content (AvgIpc) is 2.11. The Balaban J connectivity index is 4.07. The highest BCUT2D eigenvalue weighted by Gasteiger charge is 2.15. The Morgan fingerprint density at radius 2 is 1.81 bits per heavy atom. The van der Waals surface area contributed by atoms with E-state index < -0.39 is 0 Å². The van der Waals surface area contributed by atoms with E-state index in [1.165, 1.54) is 5.57 Å². The molecule has 1 nitrogen and oxygen atoms in total. The highest BCUT2D eigenvalue weighted by molar-refractivity contribution is 5.19. The molecule has 0 rings (SSSR count). The van der Waals surface area contributed by atoms with Crippen LogP contribution in [-0.2, 0) is 0 Å². The van der Waals surface area contributed by atoms with Gasteiger partial charge in [-0.3, -0.25) is 0 Å². The summed E-state index contributed by atoms with van der Waals surface area (Å²) in [4.78, 5) is 2.38. The number of allylic oxidation sites excluding steroid dienone is 4. The maximum Gasteiger partial charge on any atom is 0.0122 e. The number of nitrogens with zero attached hydrogens (tertiary/aromatic N) is 1. The Morgan fingerprint density at radius 3 is 2.25 bits per heavy atom. The van der Waals surface area contributed by atoms with Gasteiger partial charge < -0.3 is 4.90 Å². The van der Waals surface area contributed by atoms with Gasteiger partial charge in [-0.2, -0.15) is 0 Å². The highest BCUT2D eigenvalue weighted by atomic mass is 15.1. The molecule has 0 bridgehead atoms. The molecule has 0 atom stereocenters. The Morgan fingerprint density at radius 1 is 1.25 bits per heavy atom. The Bertz CT molecular complexity index is 276. The third-order valence-corrected chi connectivity index (χ3v) is 2.75. The fraction of sp³-hybridized carbons (Fsp3) is 0.600. The van der Waals surface area contributed by atoms with E-state index in [4.69, 9.17) is 0 Å². The van der Waals surface area contributed by atoms with E-state index in [0.29, 0.717) is 0 Å². The zero-order valence-electron chi connectivity index (χ0n) is 11.8. The summed E-state index contributed by atoms with van der Waals surface area (Å²) in [6.45, 7) is 15.9. The number of rotatable bonds is 5. The van der Waals surface area contributed by atoms with Crippen LogP contribution in [0.3, 0.4) is 0 Å². The molecule has 16 heavy (non-hydrogen) atoms. The molecule has 0 aromatic rings. The first-order valence-electron chi connectivity index (χ1n) is 5.94. The maximum absolute atomic E-state index is 3.83. The van der Waals surface area contributed by atoms with Crippen LogP contribution in [0.15, 0.2) is 36.0 Å². The fourth-order valence-electron chi connectivity index (χ4n) is 1.14. The molecule has 0 aromatic carbocycles. The monoisotopic (exact) mass is 221 g/mol. The number of hydrogen-bond donors (Lipinski definition) is 0. The standard InChI is InChI=1S/C15H27N/c1-13(2)9-8-10-14(3)11-12-16(7)15(4,5)6/h8-10H,1,11-12H2,2-7H3/b9-8-,14-10+. The average molecular weight is 221 g/mol. The normalized spacial score (nSPS) is 13.8. The van der Waals surface area contributed by atoms with Gasteiger partial charge in [0.1, 0.15) is 0 Å². The third kappa shape index (κ3) is 7.47. The van der Waals surface area contributed by atoms with E-state index >= 15 is 0 Å². The lowest BCUT2D eigenvalue weighted by atomic mass is 10.1. The van der Waals surface area contributed by atoms with Gasteiger partial charge in [0.15, 0.2) is 0 Å². The lowest BCUT2D eigenvalue weighted by Crippen LogP contribution is -2.38. The zero-order valence-corrected chi connectivity index (χ0v) is 11.8. The molecule has 0 amide bonds. The molecule has 1 heteroatoms. The van der Waals surface area contributed by atoms with Gasteiger partial charge in [0.05, 0.1) is 0 Å². The van der Waals surface area contributed by atoms with Crippen molar-refractivity contribution < 1.29 is 0 Å². The second-order valence-electron chi connectivity index (χ2n) is 5.56. The molecule has 0 aliphatic carbocycles. The SMILES string of the molecule is C=C(C)/C=C\C=C(/C)CCN(C)C(C)(C)C. The van der Waals surface area contributed by atoms with Gasteiger partial charge in [-0.15, -0.1) is 0 Å². The van der Waals surface area contributed by atoms with Crippen LogP contribution in [0.5, 0.6) is 0 Å². The summed E-state index contributed by atoms with van der Waals surface area (Å²) in [6, 6.07) is 0. The fourth-order valence-corrected chi connectivity index (χ4v) is 1.14. The van der Waals surface area contributed by atoms with Crippen LogP contribution >= 0.6 is 0 Å². The van der Waals surface area contributed by atoms with Gasteiger partial charge in [0.25, 0.3) is 0 Å². The van der Waals surface area contributed by atoms with Crippen molar-refractivity contribution in [2.24, 2.45) is 0 Å². The lowest BCUT2D eigenvalue weighted by Gasteiger charge is -2.31. The molecule has 0 fully saturated rings. The van der Waals surface area contributed by atoms with E-state index in [1.54, 1.807) is 0 Å². The molecular formula is C15H27N. The largest absolute Gasteiger partial charge is 0.301 e. The van der Waals surface area contributed by atoms with Crippen molar-refractivity contribution in [3.05, 3.63) is 36.0 Å². The highest BCUT2D eigenvalue weighted by Crippen LogP contribution is 2.12. The van der Waals surface area contributed by atoms with Gasteiger partial charge >= 0.3 is 0 Å². The third-order valence-electron chi connectivity index (χ3n) is 2.75. The van der Waals surface area contributed by atoms with E-state index in [0.717, 1.165) is 18.5 Å². The smallest absolute Gasteiger partial charge is 0.0122 e. The van der Waals surface area contributed by atoms with Gasteiger partial charge in [-0.05, 0) is 48.1 Å². The van der Waals surface area contributed by atoms with Crippen molar-refractivity contribution in [3.8, 4) is 0 Å². The molecule has 0 spiro atoms. The Kier molecular flexibility index (Phi) is 6.35. The van der Waals surface area contributed by atoms with Crippen molar-refractivity contribution in [3.63, 3.8) is 0 Å². The summed E-state index contributed by atoms with van der Waals surface area (Å²) in [5.41, 5.74) is 2.76. The molecule has 0 saturated heterocycles. The van der Waals surface area contributed by atoms with Crippen LogP contribution < -0.4 is 0 Å². The first kappa shape index (κ1) is 15.2. The van der Waals surface area contributed by atoms with Crippen molar-refractivity contribution in [2.45, 2.75) is 46.6 Å². The van der Waals surface area contributed by atoms with Crippen LogP contribution in [0.25, 0.3) is 0 Å². The molecule has 0 heterocycles. The minimum absolute atomic E-state index is 0.258. The first-order chi connectivity index (χ1) is 7.23. The van der Waals surface area contributed by atoms with Crippen LogP contribution in [0.4, 0.5) is 0 Å². The molecule has 0 radical (unpaired) electrons. The molecule has 0 aliphatic heterocycles. The quantitative estimate of drug-likeness (QED) is 0.629.